The zero-order chi connectivity index (χ0) is 15.5. The zero-order valence-corrected chi connectivity index (χ0v) is 13.1. The molecule has 3 atom stereocenters. The zero-order valence-electron chi connectivity index (χ0n) is 13.1. The summed E-state index contributed by atoms with van der Waals surface area (Å²) in [4.78, 5) is 20.8. The summed E-state index contributed by atoms with van der Waals surface area (Å²) in [6.07, 6.45) is 10.4. The van der Waals surface area contributed by atoms with Gasteiger partial charge in [0.15, 0.2) is 0 Å². The summed E-state index contributed by atoms with van der Waals surface area (Å²) in [5.41, 5.74) is 0.643. The summed E-state index contributed by atoms with van der Waals surface area (Å²) in [5, 5.41) is 3.20. The van der Waals surface area contributed by atoms with Gasteiger partial charge in [0.05, 0.1) is 0 Å². The summed E-state index contributed by atoms with van der Waals surface area (Å²) in [7, 11) is 0. The smallest absolute Gasteiger partial charge is 0.251 e. The van der Waals surface area contributed by atoms with Crippen molar-refractivity contribution in [1.82, 2.24) is 19.9 Å². The second kappa shape index (κ2) is 6.30. The molecule has 5 heteroatoms. The van der Waals surface area contributed by atoms with E-state index in [1.54, 1.807) is 35.4 Å². The highest BCUT2D eigenvalue weighted by Crippen LogP contribution is 2.29. The van der Waals surface area contributed by atoms with Crippen molar-refractivity contribution in [3.05, 3.63) is 42.6 Å². The maximum atomic E-state index is 12.5. The molecule has 1 saturated carbocycles. The lowest BCUT2D eigenvalue weighted by Crippen LogP contribution is -2.43. The van der Waals surface area contributed by atoms with Crippen molar-refractivity contribution in [2.75, 3.05) is 0 Å². The predicted molar refractivity (Wildman–Crippen MR) is 84.8 cm³/mol. The Balaban J connectivity index is 1.74. The monoisotopic (exact) mass is 298 g/mol. The van der Waals surface area contributed by atoms with Crippen LogP contribution in [0.5, 0.6) is 0 Å². The van der Waals surface area contributed by atoms with Gasteiger partial charge in [-0.15, -0.1) is 0 Å². The molecule has 1 aliphatic carbocycles. The van der Waals surface area contributed by atoms with E-state index in [0.717, 1.165) is 6.42 Å². The van der Waals surface area contributed by atoms with Gasteiger partial charge in [0.25, 0.3) is 5.91 Å². The number of nitrogens with zero attached hydrogens (tertiary/aromatic N) is 3. The van der Waals surface area contributed by atoms with Crippen LogP contribution in [0.4, 0.5) is 0 Å². The van der Waals surface area contributed by atoms with E-state index in [4.69, 9.17) is 0 Å². The van der Waals surface area contributed by atoms with E-state index >= 15 is 0 Å². The molecule has 3 rings (SSSR count). The molecule has 2 aromatic rings. The maximum absolute atomic E-state index is 12.5. The van der Waals surface area contributed by atoms with Crippen LogP contribution in [0.15, 0.2) is 37.1 Å². The van der Waals surface area contributed by atoms with Crippen molar-refractivity contribution in [1.29, 1.82) is 0 Å². The number of imidazole rings is 1. The predicted octanol–water partition coefficient (Wildman–Crippen LogP) is 2.82. The molecule has 0 aliphatic heterocycles. The van der Waals surface area contributed by atoms with Crippen molar-refractivity contribution >= 4 is 5.91 Å². The molecule has 116 valence electrons. The maximum Gasteiger partial charge on any atom is 0.251 e. The number of pyridine rings is 1. The fourth-order valence-electron chi connectivity index (χ4n) is 3.13. The van der Waals surface area contributed by atoms with Crippen LogP contribution in [0.25, 0.3) is 5.82 Å². The molecule has 0 spiro atoms. The third-order valence-electron chi connectivity index (χ3n) is 4.80. The van der Waals surface area contributed by atoms with Gasteiger partial charge in [-0.2, -0.15) is 0 Å². The largest absolute Gasteiger partial charge is 0.349 e. The highest BCUT2D eigenvalue weighted by Gasteiger charge is 2.28. The van der Waals surface area contributed by atoms with E-state index in [9.17, 15) is 4.79 Å². The molecule has 1 fully saturated rings. The number of carbonyl (C=O) groups is 1. The third kappa shape index (κ3) is 3.03. The van der Waals surface area contributed by atoms with Crippen LogP contribution in [0.1, 0.15) is 43.5 Å². The minimum atomic E-state index is -0.0188. The van der Waals surface area contributed by atoms with Crippen LogP contribution in [-0.2, 0) is 0 Å². The van der Waals surface area contributed by atoms with Crippen molar-refractivity contribution < 1.29 is 4.79 Å². The molecular formula is C17H22N4O. The Hall–Kier alpha value is -2.17. The van der Waals surface area contributed by atoms with E-state index in [0.29, 0.717) is 23.2 Å². The fourth-order valence-corrected chi connectivity index (χ4v) is 3.13. The number of amides is 1. The summed E-state index contributed by atoms with van der Waals surface area (Å²) in [5.74, 6) is 1.87. The fraction of sp³-hybridized carbons (Fsp3) is 0.471. The molecule has 2 heterocycles. The molecule has 5 nitrogen and oxygen atoms in total. The van der Waals surface area contributed by atoms with Gasteiger partial charge in [-0.25, -0.2) is 9.97 Å². The number of nitrogens with one attached hydrogen (secondary N) is 1. The first-order valence-electron chi connectivity index (χ1n) is 7.90. The van der Waals surface area contributed by atoms with Crippen LogP contribution >= 0.6 is 0 Å². The molecule has 0 aromatic carbocycles. The first kappa shape index (κ1) is 14.8. The number of hydrogen-bond donors (Lipinski definition) is 1. The molecule has 0 radical (unpaired) electrons. The van der Waals surface area contributed by atoms with Gasteiger partial charge in [-0.3, -0.25) is 9.36 Å². The number of hydrogen-bond acceptors (Lipinski definition) is 3. The molecule has 0 bridgehead atoms. The molecule has 3 unspecified atom stereocenters. The van der Waals surface area contributed by atoms with Crippen molar-refractivity contribution in [3.8, 4) is 5.82 Å². The highest BCUT2D eigenvalue weighted by molar-refractivity contribution is 5.94. The molecule has 22 heavy (non-hydrogen) atoms. The topological polar surface area (TPSA) is 59.8 Å². The summed E-state index contributed by atoms with van der Waals surface area (Å²) in [6.45, 7) is 4.50. The average Bonchev–Trinajstić information content (AvgIpc) is 3.06. The first-order chi connectivity index (χ1) is 10.6. The first-order valence-corrected chi connectivity index (χ1v) is 7.90. The van der Waals surface area contributed by atoms with Crippen LogP contribution in [0, 0.1) is 11.8 Å². The van der Waals surface area contributed by atoms with Gasteiger partial charge in [0.1, 0.15) is 12.1 Å². The van der Waals surface area contributed by atoms with E-state index in [1.807, 2.05) is 6.20 Å². The molecule has 0 saturated heterocycles. The van der Waals surface area contributed by atoms with Crippen molar-refractivity contribution in [2.24, 2.45) is 11.8 Å². The Morgan fingerprint density at radius 3 is 2.95 bits per heavy atom. The van der Waals surface area contributed by atoms with Gasteiger partial charge < -0.3 is 5.32 Å². The lowest BCUT2D eigenvalue weighted by Gasteiger charge is -2.34. The van der Waals surface area contributed by atoms with Crippen LogP contribution in [-0.4, -0.2) is 26.5 Å². The number of carbonyl (C=O) groups excluding carboxylic acids is 1. The Morgan fingerprint density at radius 1 is 1.32 bits per heavy atom. The highest BCUT2D eigenvalue weighted by atomic mass is 16.1. The van der Waals surface area contributed by atoms with Gasteiger partial charge >= 0.3 is 0 Å². The molecule has 1 aliphatic rings. The summed E-state index contributed by atoms with van der Waals surface area (Å²) in [6, 6.07) is 3.82. The number of rotatable bonds is 3. The van der Waals surface area contributed by atoms with Gasteiger partial charge in [0.2, 0.25) is 0 Å². The standard InChI is InChI=1S/C17H22N4O/c1-12-4-3-5-15(13(12)2)20-17(22)14-6-7-19-16(10-14)21-9-8-18-11-21/h6-13,15H,3-5H2,1-2H3,(H,20,22). The van der Waals surface area contributed by atoms with E-state index in [2.05, 4.69) is 29.1 Å². The Kier molecular flexibility index (Phi) is 4.22. The Morgan fingerprint density at radius 2 is 2.18 bits per heavy atom. The molecular weight excluding hydrogens is 276 g/mol. The van der Waals surface area contributed by atoms with Crippen molar-refractivity contribution in [3.63, 3.8) is 0 Å². The summed E-state index contributed by atoms with van der Waals surface area (Å²) < 4.78 is 1.79. The second-order valence-electron chi connectivity index (χ2n) is 6.22. The normalized spacial score (nSPS) is 24.9. The van der Waals surface area contributed by atoms with Gasteiger partial charge in [-0.05, 0) is 30.4 Å². The van der Waals surface area contributed by atoms with E-state index in [-0.39, 0.29) is 11.9 Å². The van der Waals surface area contributed by atoms with E-state index < -0.39 is 0 Å². The van der Waals surface area contributed by atoms with Crippen LogP contribution in [0.3, 0.4) is 0 Å². The lowest BCUT2D eigenvalue weighted by molar-refractivity contribution is 0.0891. The van der Waals surface area contributed by atoms with Crippen molar-refractivity contribution in [2.45, 2.75) is 39.2 Å². The number of aromatic nitrogens is 3. The third-order valence-corrected chi connectivity index (χ3v) is 4.80. The van der Waals surface area contributed by atoms with Crippen LogP contribution < -0.4 is 5.32 Å². The molecule has 1 amide bonds. The Bertz CT molecular complexity index is 638. The minimum absolute atomic E-state index is 0.0188. The lowest BCUT2D eigenvalue weighted by atomic mass is 9.78. The SMILES string of the molecule is CC1CCCC(NC(=O)c2ccnc(-n3ccnc3)c2)C1C. The summed E-state index contributed by atoms with van der Waals surface area (Å²) >= 11 is 0. The van der Waals surface area contributed by atoms with E-state index in [1.165, 1.54) is 12.8 Å². The van der Waals surface area contributed by atoms with Gasteiger partial charge in [-0.1, -0.05) is 26.7 Å². The average molecular weight is 298 g/mol. The molecule has 1 N–H and O–H groups in total. The minimum Gasteiger partial charge on any atom is -0.349 e. The van der Waals surface area contributed by atoms with Gasteiger partial charge in [0, 0.05) is 30.2 Å². The van der Waals surface area contributed by atoms with Crippen LogP contribution in [0.2, 0.25) is 0 Å². The quantitative estimate of drug-likeness (QED) is 0.948. The Labute approximate surface area is 130 Å². The second-order valence-corrected chi connectivity index (χ2v) is 6.22. The molecule has 2 aromatic heterocycles.